The summed E-state index contributed by atoms with van der Waals surface area (Å²) in [5.41, 5.74) is 2.38. The van der Waals surface area contributed by atoms with Crippen LogP contribution < -0.4 is 5.32 Å². The maximum atomic E-state index is 13.3. The van der Waals surface area contributed by atoms with Crippen molar-refractivity contribution < 1.29 is 13.6 Å². The Kier molecular flexibility index (Phi) is 3.85. The number of hydrogen-bond acceptors (Lipinski definition) is 4. The van der Waals surface area contributed by atoms with E-state index in [0.29, 0.717) is 22.6 Å². The van der Waals surface area contributed by atoms with Gasteiger partial charge in [0.1, 0.15) is 0 Å². The molecule has 4 aromatic rings. The van der Waals surface area contributed by atoms with Crippen molar-refractivity contribution >= 4 is 17.2 Å². The normalized spacial score (nSPS) is 10.8. The van der Waals surface area contributed by atoms with Gasteiger partial charge >= 0.3 is 0 Å². The van der Waals surface area contributed by atoms with Crippen molar-refractivity contribution in [3.63, 3.8) is 0 Å². The van der Waals surface area contributed by atoms with Crippen molar-refractivity contribution in [3.05, 3.63) is 78.4 Å². The number of pyridine rings is 1. The van der Waals surface area contributed by atoms with Crippen molar-refractivity contribution in [1.82, 2.24) is 19.6 Å². The van der Waals surface area contributed by atoms with Gasteiger partial charge in [-0.25, -0.2) is 18.3 Å². The molecule has 0 unspecified atom stereocenters. The number of amides is 1. The van der Waals surface area contributed by atoms with Crippen LogP contribution in [0.15, 0.2) is 61.2 Å². The summed E-state index contributed by atoms with van der Waals surface area (Å²) in [6.45, 7) is 0. The highest BCUT2D eigenvalue weighted by Gasteiger charge is 2.12. The van der Waals surface area contributed by atoms with Crippen LogP contribution in [0.3, 0.4) is 0 Å². The lowest BCUT2D eigenvalue weighted by molar-refractivity contribution is 0.102. The van der Waals surface area contributed by atoms with E-state index in [1.165, 1.54) is 12.3 Å². The lowest BCUT2D eigenvalue weighted by Gasteiger charge is -2.07. The molecule has 0 saturated heterocycles. The molecule has 8 heteroatoms. The van der Waals surface area contributed by atoms with E-state index >= 15 is 0 Å². The number of aromatic nitrogens is 4. The average molecular weight is 351 g/mol. The minimum atomic E-state index is -1.08. The Bertz CT molecular complexity index is 1130. The average Bonchev–Trinajstić information content (AvgIpc) is 3.08. The zero-order valence-corrected chi connectivity index (χ0v) is 13.2. The molecule has 0 spiro atoms. The summed E-state index contributed by atoms with van der Waals surface area (Å²) >= 11 is 0. The highest BCUT2D eigenvalue weighted by Crippen LogP contribution is 2.23. The molecule has 1 N–H and O–H groups in total. The second-order valence-corrected chi connectivity index (χ2v) is 5.46. The number of nitrogens with one attached hydrogen (secondary N) is 1. The number of hydrogen-bond donors (Lipinski definition) is 1. The van der Waals surface area contributed by atoms with Gasteiger partial charge in [0.2, 0.25) is 0 Å². The topological polar surface area (TPSA) is 72.2 Å². The predicted octanol–water partition coefficient (Wildman–Crippen LogP) is 3.32. The number of carbonyl (C=O) groups excluding carboxylic acids is 1. The van der Waals surface area contributed by atoms with Crippen molar-refractivity contribution in [1.29, 1.82) is 0 Å². The number of carbonyl (C=O) groups is 1. The molecule has 1 aromatic carbocycles. The summed E-state index contributed by atoms with van der Waals surface area (Å²) < 4.78 is 27.9. The van der Waals surface area contributed by atoms with Crippen LogP contribution in [0.4, 0.5) is 14.5 Å². The first-order valence-electron chi connectivity index (χ1n) is 7.63. The molecule has 3 heterocycles. The van der Waals surface area contributed by atoms with Crippen LogP contribution in [-0.4, -0.2) is 25.5 Å². The molecule has 0 saturated carbocycles. The lowest BCUT2D eigenvalue weighted by atomic mass is 10.2. The molecule has 0 aliphatic rings. The smallest absolute Gasteiger partial charge is 0.255 e. The van der Waals surface area contributed by atoms with Crippen LogP contribution >= 0.6 is 0 Å². The van der Waals surface area contributed by atoms with Gasteiger partial charge in [-0.05, 0) is 36.4 Å². The summed E-state index contributed by atoms with van der Waals surface area (Å²) in [5.74, 6) is -2.64. The Balaban J connectivity index is 1.63. The van der Waals surface area contributed by atoms with Gasteiger partial charge in [0.25, 0.3) is 5.91 Å². The predicted molar refractivity (Wildman–Crippen MR) is 90.5 cm³/mol. The molecule has 3 aromatic heterocycles. The number of fused-ring (bicyclic) bond motifs is 1. The Morgan fingerprint density at radius 1 is 1.04 bits per heavy atom. The van der Waals surface area contributed by atoms with Crippen LogP contribution in [0.5, 0.6) is 0 Å². The van der Waals surface area contributed by atoms with Crippen LogP contribution in [0, 0.1) is 11.6 Å². The molecule has 0 aliphatic heterocycles. The van der Waals surface area contributed by atoms with E-state index in [1.807, 2.05) is 0 Å². The highest BCUT2D eigenvalue weighted by molar-refractivity contribution is 6.04. The van der Waals surface area contributed by atoms with E-state index in [0.717, 1.165) is 12.1 Å². The van der Waals surface area contributed by atoms with Gasteiger partial charge in [-0.15, -0.1) is 0 Å². The number of benzene rings is 1. The van der Waals surface area contributed by atoms with Crippen molar-refractivity contribution in [2.24, 2.45) is 0 Å². The molecular weight excluding hydrogens is 340 g/mol. The molecule has 1 amide bonds. The van der Waals surface area contributed by atoms with Gasteiger partial charge in [-0.3, -0.25) is 9.78 Å². The van der Waals surface area contributed by atoms with Gasteiger partial charge in [0, 0.05) is 29.8 Å². The second kappa shape index (κ2) is 6.32. The molecule has 0 aliphatic carbocycles. The fourth-order valence-corrected chi connectivity index (χ4v) is 2.50. The molecule has 4 rings (SSSR count). The minimum absolute atomic E-state index is 0.0138. The quantitative estimate of drug-likeness (QED) is 0.615. The monoisotopic (exact) mass is 351 g/mol. The first-order chi connectivity index (χ1) is 12.6. The van der Waals surface area contributed by atoms with Crippen molar-refractivity contribution in [3.8, 4) is 11.3 Å². The fourth-order valence-electron chi connectivity index (χ4n) is 2.50. The number of nitrogens with zero attached hydrogens (tertiary/aromatic N) is 4. The standard InChI is InChI=1S/C18H11F2N5O/c19-14-3-2-11(8-15(14)20)18(26)24-12-4-6-21-16(9-12)13-10-23-25-7-1-5-22-17(13)25/h1-10H,(H,21,24,26). The second-order valence-electron chi connectivity index (χ2n) is 5.46. The Morgan fingerprint density at radius 3 is 2.77 bits per heavy atom. The third kappa shape index (κ3) is 2.88. The molecule has 0 atom stereocenters. The zero-order chi connectivity index (χ0) is 18.1. The van der Waals surface area contributed by atoms with E-state index in [1.54, 1.807) is 41.3 Å². The SMILES string of the molecule is O=C(Nc1ccnc(-c2cnn3cccnc23)c1)c1ccc(F)c(F)c1. The maximum Gasteiger partial charge on any atom is 0.255 e. The summed E-state index contributed by atoms with van der Waals surface area (Å²) in [4.78, 5) is 20.8. The molecule has 0 radical (unpaired) electrons. The van der Waals surface area contributed by atoms with Crippen molar-refractivity contribution in [2.45, 2.75) is 0 Å². The van der Waals surface area contributed by atoms with Crippen LogP contribution in [0.2, 0.25) is 0 Å². The summed E-state index contributed by atoms with van der Waals surface area (Å²) in [6.07, 6.45) is 6.57. The Morgan fingerprint density at radius 2 is 1.92 bits per heavy atom. The van der Waals surface area contributed by atoms with Crippen LogP contribution in [-0.2, 0) is 0 Å². The largest absolute Gasteiger partial charge is 0.322 e. The third-order valence-electron chi connectivity index (χ3n) is 3.75. The van der Waals surface area contributed by atoms with Crippen LogP contribution in [0.25, 0.3) is 16.9 Å². The first kappa shape index (κ1) is 15.8. The molecule has 0 bridgehead atoms. The number of anilines is 1. The molecular formula is C18H11F2N5O. The zero-order valence-electron chi connectivity index (χ0n) is 13.2. The molecule has 26 heavy (non-hydrogen) atoms. The molecule has 6 nitrogen and oxygen atoms in total. The van der Waals surface area contributed by atoms with Gasteiger partial charge in [-0.1, -0.05) is 0 Å². The van der Waals surface area contributed by atoms with E-state index < -0.39 is 17.5 Å². The molecule has 128 valence electrons. The van der Waals surface area contributed by atoms with E-state index in [4.69, 9.17) is 0 Å². The van der Waals surface area contributed by atoms with Gasteiger partial charge < -0.3 is 5.32 Å². The van der Waals surface area contributed by atoms with Gasteiger partial charge in [0.15, 0.2) is 17.3 Å². The lowest BCUT2D eigenvalue weighted by Crippen LogP contribution is -2.12. The van der Waals surface area contributed by atoms with Gasteiger partial charge in [-0.2, -0.15) is 5.10 Å². The number of halogens is 2. The van der Waals surface area contributed by atoms with E-state index in [-0.39, 0.29) is 5.56 Å². The number of rotatable bonds is 3. The Hall–Kier alpha value is -3.68. The fraction of sp³-hybridized carbons (Fsp3) is 0. The molecule has 0 fully saturated rings. The first-order valence-corrected chi connectivity index (χ1v) is 7.63. The summed E-state index contributed by atoms with van der Waals surface area (Å²) in [5, 5.41) is 6.84. The van der Waals surface area contributed by atoms with E-state index in [2.05, 4.69) is 20.4 Å². The van der Waals surface area contributed by atoms with Gasteiger partial charge in [0.05, 0.1) is 17.5 Å². The van der Waals surface area contributed by atoms with E-state index in [9.17, 15) is 13.6 Å². The minimum Gasteiger partial charge on any atom is -0.322 e. The van der Waals surface area contributed by atoms with Crippen molar-refractivity contribution in [2.75, 3.05) is 5.32 Å². The third-order valence-corrected chi connectivity index (χ3v) is 3.75. The summed E-state index contributed by atoms with van der Waals surface area (Å²) in [6, 6.07) is 7.99. The maximum absolute atomic E-state index is 13.3. The highest BCUT2D eigenvalue weighted by atomic mass is 19.2. The Labute approximate surface area is 146 Å². The van der Waals surface area contributed by atoms with Crippen LogP contribution in [0.1, 0.15) is 10.4 Å². The summed E-state index contributed by atoms with van der Waals surface area (Å²) in [7, 11) is 0.